The maximum atomic E-state index is 5.37. The van der Waals surface area contributed by atoms with E-state index in [4.69, 9.17) is 9.47 Å². The number of ether oxygens (including phenoxy) is 2. The maximum absolute atomic E-state index is 5.37. The van der Waals surface area contributed by atoms with Crippen LogP contribution in [-0.2, 0) is 11.3 Å². The molecule has 0 saturated carbocycles. The van der Waals surface area contributed by atoms with Crippen LogP contribution in [0.3, 0.4) is 0 Å². The summed E-state index contributed by atoms with van der Waals surface area (Å²) in [5, 5.41) is 11.3. The second-order valence-corrected chi connectivity index (χ2v) is 3.94. The highest BCUT2D eigenvalue weighted by Gasteiger charge is 1.99. The highest BCUT2D eigenvalue weighted by atomic mass is 16.5. The van der Waals surface area contributed by atoms with Crippen molar-refractivity contribution in [2.45, 2.75) is 33.4 Å². The van der Waals surface area contributed by atoms with Gasteiger partial charge in [0.1, 0.15) is 6.61 Å². The Balaban J connectivity index is 2.29. The monoisotopic (exact) mass is 239 g/mol. The summed E-state index contributed by atoms with van der Waals surface area (Å²) in [5.41, 5.74) is 0.913. The molecule has 0 aliphatic rings. The molecule has 1 N–H and O–H groups in total. The molecule has 17 heavy (non-hydrogen) atoms. The number of hydrogen-bond acceptors (Lipinski definition) is 5. The average molecular weight is 239 g/mol. The standard InChI is InChI=1S/C12H21N3O2/c1-4-16-7-8-17-12-6-5-11(14-15-12)9-13-10(2)3/h5-6,10,13H,4,7-9H2,1-3H3. The fourth-order valence-corrected chi connectivity index (χ4v) is 1.18. The van der Waals surface area contributed by atoms with Crippen LogP contribution in [0.5, 0.6) is 5.88 Å². The first-order chi connectivity index (χ1) is 8.22. The molecule has 0 atom stereocenters. The third kappa shape index (κ3) is 6.19. The Kier molecular flexibility index (Phi) is 6.50. The molecule has 0 bridgehead atoms. The summed E-state index contributed by atoms with van der Waals surface area (Å²) in [5.74, 6) is 0.540. The van der Waals surface area contributed by atoms with Gasteiger partial charge < -0.3 is 14.8 Å². The zero-order chi connectivity index (χ0) is 12.5. The molecule has 0 amide bonds. The van der Waals surface area contributed by atoms with E-state index in [0.29, 0.717) is 31.7 Å². The van der Waals surface area contributed by atoms with Crippen LogP contribution in [0.2, 0.25) is 0 Å². The Morgan fingerprint density at radius 1 is 1.24 bits per heavy atom. The minimum atomic E-state index is 0.443. The van der Waals surface area contributed by atoms with E-state index in [-0.39, 0.29) is 0 Å². The van der Waals surface area contributed by atoms with Crippen molar-refractivity contribution >= 4 is 0 Å². The second-order valence-electron chi connectivity index (χ2n) is 3.94. The van der Waals surface area contributed by atoms with E-state index in [2.05, 4.69) is 29.4 Å². The molecule has 0 fully saturated rings. The number of nitrogens with zero attached hydrogens (tertiary/aromatic N) is 2. The van der Waals surface area contributed by atoms with Gasteiger partial charge in [0.2, 0.25) is 5.88 Å². The van der Waals surface area contributed by atoms with Gasteiger partial charge in [-0.2, -0.15) is 5.10 Å². The predicted molar refractivity (Wildman–Crippen MR) is 66.0 cm³/mol. The van der Waals surface area contributed by atoms with Crippen LogP contribution in [0, 0.1) is 0 Å². The van der Waals surface area contributed by atoms with Crippen molar-refractivity contribution in [2.24, 2.45) is 0 Å². The van der Waals surface area contributed by atoms with Crippen LogP contribution >= 0.6 is 0 Å². The first-order valence-electron chi connectivity index (χ1n) is 5.99. The Morgan fingerprint density at radius 2 is 2.06 bits per heavy atom. The van der Waals surface area contributed by atoms with Crippen molar-refractivity contribution in [1.82, 2.24) is 15.5 Å². The zero-order valence-corrected chi connectivity index (χ0v) is 10.8. The summed E-state index contributed by atoms with van der Waals surface area (Å²) < 4.78 is 10.5. The predicted octanol–water partition coefficient (Wildman–Crippen LogP) is 1.39. The minimum Gasteiger partial charge on any atom is -0.474 e. The molecule has 0 unspecified atom stereocenters. The lowest BCUT2D eigenvalue weighted by molar-refractivity contribution is 0.108. The number of hydrogen-bond donors (Lipinski definition) is 1. The van der Waals surface area contributed by atoms with Gasteiger partial charge in [-0.25, -0.2) is 0 Å². The van der Waals surface area contributed by atoms with Crippen molar-refractivity contribution in [3.63, 3.8) is 0 Å². The number of nitrogens with one attached hydrogen (secondary N) is 1. The lowest BCUT2D eigenvalue weighted by Gasteiger charge is -2.08. The van der Waals surface area contributed by atoms with E-state index in [9.17, 15) is 0 Å². The highest BCUT2D eigenvalue weighted by molar-refractivity contribution is 5.11. The van der Waals surface area contributed by atoms with Crippen LogP contribution in [0.25, 0.3) is 0 Å². The first-order valence-corrected chi connectivity index (χ1v) is 5.99. The highest BCUT2D eigenvalue weighted by Crippen LogP contribution is 2.04. The van der Waals surface area contributed by atoms with Gasteiger partial charge in [-0.1, -0.05) is 13.8 Å². The summed E-state index contributed by atoms with van der Waals surface area (Å²) in [6, 6.07) is 4.19. The Labute approximate surface area is 103 Å². The lowest BCUT2D eigenvalue weighted by atomic mass is 10.3. The molecule has 1 heterocycles. The van der Waals surface area contributed by atoms with Gasteiger partial charge >= 0.3 is 0 Å². The van der Waals surface area contributed by atoms with Crippen molar-refractivity contribution in [2.75, 3.05) is 19.8 Å². The Hall–Kier alpha value is -1.20. The van der Waals surface area contributed by atoms with Crippen molar-refractivity contribution in [3.8, 4) is 5.88 Å². The van der Waals surface area contributed by atoms with Crippen molar-refractivity contribution in [1.29, 1.82) is 0 Å². The van der Waals surface area contributed by atoms with E-state index in [1.165, 1.54) is 0 Å². The van der Waals surface area contributed by atoms with Crippen LogP contribution in [0.15, 0.2) is 12.1 Å². The van der Waals surface area contributed by atoms with Gasteiger partial charge in [0.25, 0.3) is 0 Å². The molecule has 0 saturated heterocycles. The molecular weight excluding hydrogens is 218 g/mol. The average Bonchev–Trinajstić information content (AvgIpc) is 2.33. The minimum absolute atomic E-state index is 0.443. The Morgan fingerprint density at radius 3 is 2.65 bits per heavy atom. The van der Waals surface area contributed by atoms with E-state index in [1.54, 1.807) is 0 Å². The van der Waals surface area contributed by atoms with E-state index < -0.39 is 0 Å². The zero-order valence-electron chi connectivity index (χ0n) is 10.8. The molecule has 5 heteroatoms. The number of aromatic nitrogens is 2. The molecule has 0 aromatic carbocycles. The van der Waals surface area contributed by atoms with Gasteiger partial charge in [0, 0.05) is 25.3 Å². The fourth-order valence-electron chi connectivity index (χ4n) is 1.18. The topological polar surface area (TPSA) is 56.3 Å². The summed E-state index contributed by atoms with van der Waals surface area (Å²) in [6.07, 6.45) is 0. The third-order valence-corrected chi connectivity index (χ3v) is 2.07. The first kappa shape index (κ1) is 13.9. The summed E-state index contributed by atoms with van der Waals surface area (Å²) in [4.78, 5) is 0. The summed E-state index contributed by atoms with van der Waals surface area (Å²) in [7, 11) is 0. The van der Waals surface area contributed by atoms with Gasteiger partial charge in [0.15, 0.2) is 0 Å². The van der Waals surface area contributed by atoms with Gasteiger partial charge in [-0.15, -0.1) is 5.10 Å². The molecule has 0 aliphatic carbocycles. The normalized spacial score (nSPS) is 10.8. The van der Waals surface area contributed by atoms with E-state index in [1.807, 2.05) is 19.1 Å². The SMILES string of the molecule is CCOCCOc1ccc(CNC(C)C)nn1. The molecule has 96 valence electrons. The van der Waals surface area contributed by atoms with Gasteiger partial charge in [-0.05, 0) is 13.0 Å². The van der Waals surface area contributed by atoms with Gasteiger partial charge in [-0.3, -0.25) is 0 Å². The third-order valence-electron chi connectivity index (χ3n) is 2.07. The smallest absolute Gasteiger partial charge is 0.233 e. The van der Waals surface area contributed by atoms with Gasteiger partial charge in [0.05, 0.1) is 12.3 Å². The molecule has 1 aromatic rings. The molecule has 1 rings (SSSR count). The quantitative estimate of drug-likeness (QED) is 0.695. The van der Waals surface area contributed by atoms with Crippen molar-refractivity contribution in [3.05, 3.63) is 17.8 Å². The summed E-state index contributed by atoms with van der Waals surface area (Å²) in [6.45, 7) is 8.66. The second kappa shape index (κ2) is 7.97. The molecule has 0 spiro atoms. The number of rotatable bonds is 8. The van der Waals surface area contributed by atoms with Crippen LogP contribution in [0.1, 0.15) is 26.5 Å². The fraction of sp³-hybridized carbons (Fsp3) is 0.667. The lowest BCUT2D eigenvalue weighted by Crippen LogP contribution is -2.22. The molecular formula is C12H21N3O2. The largest absolute Gasteiger partial charge is 0.474 e. The van der Waals surface area contributed by atoms with Crippen LogP contribution in [-0.4, -0.2) is 36.1 Å². The Bertz CT molecular complexity index is 301. The maximum Gasteiger partial charge on any atom is 0.233 e. The van der Waals surface area contributed by atoms with E-state index in [0.717, 1.165) is 12.2 Å². The van der Waals surface area contributed by atoms with Crippen LogP contribution < -0.4 is 10.1 Å². The molecule has 0 aliphatic heterocycles. The van der Waals surface area contributed by atoms with Crippen LogP contribution in [0.4, 0.5) is 0 Å². The molecule has 5 nitrogen and oxygen atoms in total. The molecule has 1 aromatic heterocycles. The van der Waals surface area contributed by atoms with Crippen molar-refractivity contribution < 1.29 is 9.47 Å². The van der Waals surface area contributed by atoms with E-state index >= 15 is 0 Å². The summed E-state index contributed by atoms with van der Waals surface area (Å²) >= 11 is 0. The molecule has 0 radical (unpaired) electrons.